The fourth-order valence-electron chi connectivity index (χ4n) is 1.86. The van der Waals surface area contributed by atoms with Crippen LogP contribution in [0.3, 0.4) is 0 Å². The molecule has 0 aliphatic carbocycles. The normalized spacial score (nSPS) is 10.6. The average Bonchev–Trinajstić information content (AvgIpc) is 2.42. The average molecular weight is 281 g/mol. The van der Waals surface area contributed by atoms with Gasteiger partial charge in [0.15, 0.2) is 0 Å². The highest BCUT2D eigenvalue weighted by Crippen LogP contribution is 2.18. The third-order valence-corrected chi connectivity index (χ3v) is 3.99. The summed E-state index contributed by atoms with van der Waals surface area (Å²) in [5.74, 6) is 0.129. The quantitative estimate of drug-likeness (QED) is 0.502. The number of thioether (sulfide) groups is 1. The van der Waals surface area contributed by atoms with E-state index in [-0.39, 0.29) is 0 Å². The first-order valence-corrected chi connectivity index (χ1v) is 8.04. The van der Waals surface area contributed by atoms with Crippen molar-refractivity contribution in [1.29, 1.82) is 0 Å². The Balaban J connectivity index is 2.12. The predicted octanol–water partition coefficient (Wildman–Crippen LogP) is 4.62. The smallest absolute Gasteiger partial charge is 0.335 e. The molecule has 0 aliphatic heterocycles. The van der Waals surface area contributed by atoms with Crippen molar-refractivity contribution in [2.24, 2.45) is 0 Å². The fraction of sp³-hybridized carbons (Fsp3) is 0.600. The second kappa shape index (κ2) is 9.84. The van der Waals surface area contributed by atoms with Crippen LogP contribution in [0.4, 0.5) is 0 Å². The molecular weight excluding hydrogens is 258 g/mol. The molecular formula is C15H23NO2S. The standard InChI is InChI=1S/C15H23NO2S/c1-2-3-4-5-6-7-8-11-19-14-12-13(15(17)18)9-10-16-14/h9-10,12H,2-8,11H2,1H3,(H,17,18). The molecule has 0 amide bonds. The molecule has 0 bridgehead atoms. The van der Waals surface area contributed by atoms with E-state index in [1.807, 2.05) is 0 Å². The van der Waals surface area contributed by atoms with Gasteiger partial charge in [-0.25, -0.2) is 9.78 Å². The number of nitrogens with zero attached hydrogens (tertiary/aromatic N) is 1. The van der Waals surface area contributed by atoms with Crippen LogP contribution in [0.25, 0.3) is 0 Å². The van der Waals surface area contributed by atoms with E-state index in [0.717, 1.165) is 10.8 Å². The monoisotopic (exact) mass is 281 g/mol. The maximum absolute atomic E-state index is 10.8. The van der Waals surface area contributed by atoms with Gasteiger partial charge in [0.25, 0.3) is 0 Å². The van der Waals surface area contributed by atoms with Gasteiger partial charge in [-0.2, -0.15) is 0 Å². The topological polar surface area (TPSA) is 50.2 Å². The molecule has 0 fully saturated rings. The first-order valence-electron chi connectivity index (χ1n) is 7.06. The van der Waals surface area contributed by atoms with Crippen LogP contribution in [0.1, 0.15) is 62.2 Å². The minimum Gasteiger partial charge on any atom is -0.478 e. The summed E-state index contributed by atoms with van der Waals surface area (Å²) in [6.07, 6.45) is 10.6. The van der Waals surface area contributed by atoms with Crippen LogP contribution in [0.15, 0.2) is 23.4 Å². The molecule has 106 valence electrons. The first kappa shape index (κ1) is 16.0. The van der Waals surface area contributed by atoms with Gasteiger partial charge in [-0.15, -0.1) is 11.8 Å². The Hall–Kier alpha value is -1.03. The summed E-state index contributed by atoms with van der Waals surface area (Å²) in [5, 5.41) is 9.70. The predicted molar refractivity (Wildman–Crippen MR) is 79.9 cm³/mol. The number of carbonyl (C=O) groups is 1. The van der Waals surface area contributed by atoms with Crippen molar-refractivity contribution in [3.63, 3.8) is 0 Å². The van der Waals surface area contributed by atoms with Crippen LogP contribution in [0.5, 0.6) is 0 Å². The lowest BCUT2D eigenvalue weighted by Gasteiger charge is -2.02. The van der Waals surface area contributed by atoms with E-state index in [4.69, 9.17) is 5.11 Å². The summed E-state index contributed by atoms with van der Waals surface area (Å²) in [7, 11) is 0. The van der Waals surface area contributed by atoms with Crippen molar-refractivity contribution in [2.75, 3.05) is 5.75 Å². The lowest BCUT2D eigenvalue weighted by molar-refractivity contribution is 0.0696. The molecule has 1 aromatic rings. The van der Waals surface area contributed by atoms with Gasteiger partial charge in [0.05, 0.1) is 10.6 Å². The summed E-state index contributed by atoms with van der Waals surface area (Å²) in [5.41, 5.74) is 0.317. The molecule has 19 heavy (non-hydrogen) atoms. The Morgan fingerprint density at radius 1 is 1.21 bits per heavy atom. The Labute approximate surface area is 119 Å². The molecule has 1 rings (SSSR count). The number of pyridine rings is 1. The first-order chi connectivity index (χ1) is 9.24. The molecule has 0 saturated carbocycles. The second-order valence-electron chi connectivity index (χ2n) is 4.66. The number of carboxylic acid groups (broad SMARTS) is 1. The van der Waals surface area contributed by atoms with Crippen molar-refractivity contribution >= 4 is 17.7 Å². The number of rotatable bonds is 10. The van der Waals surface area contributed by atoms with Gasteiger partial charge in [-0.3, -0.25) is 0 Å². The Kier molecular flexibility index (Phi) is 8.30. The Bertz CT molecular complexity index is 382. The lowest BCUT2D eigenvalue weighted by Crippen LogP contribution is -1.96. The molecule has 3 nitrogen and oxygen atoms in total. The van der Waals surface area contributed by atoms with Gasteiger partial charge < -0.3 is 5.11 Å². The summed E-state index contributed by atoms with van der Waals surface area (Å²) >= 11 is 1.65. The van der Waals surface area contributed by atoms with E-state index in [9.17, 15) is 4.79 Å². The Morgan fingerprint density at radius 2 is 1.89 bits per heavy atom. The zero-order valence-electron chi connectivity index (χ0n) is 11.6. The highest BCUT2D eigenvalue weighted by molar-refractivity contribution is 7.99. The number of aromatic nitrogens is 1. The van der Waals surface area contributed by atoms with Gasteiger partial charge >= 0.3 is 5.97 Å². The summed E-state index contributed by atoms with van der Waals surface area (Å²) < 4.78 is 0. The van der Waals surface area contributed by atoms with Crippen molar-refractivity contribution in [3.05, 3.63) is 23.9 Å². The molecule has 1 heterocycles. The fourth-order valence-corrected chi connectivity index (χ4v) is 2.76. The molecule has 4 heteroatoms. The van der Waals surface area contributed by atoms with Crippen LogP contribution in [-0.2, 0) is 0 Å². The number of carboxylic acids is 1. The molecule has 1 N–H and O–H groups in total. The van der Waals surface area contributed by atoms with E-state index in [2.05, 4.69) is 11.9 Å². The van der Waals surface area contributed by atoms with Crippen LogP contribution in [0, 0.1) is 0 Å². The summed E-state index contributed by atoms with van der Waals surface area (Å²) in [6.45, 7) is 2.23. The molecule has 0 radical (unpaired) electrons. The molecule has 0 atom stereocenters. The van der Waals surface area contributed by atoms with Gasteiger partial charge in [0.1, 0.15) is 0 Å². The van der Waals surface area contributed by atoms with E-state index in [1.54, 1.807) is 24.0 Å². The van der Waals surface area contributed by atoms with E-state index in [0.29, 0.717) is 5.56 Å². The Morgan fingerprint density at radius 3 is 2.58 bits per heavy atom. The number of aromatic carboxylic acids is 1. The maximum atomic E-state index is 10.8. The minimum absolute atomic E-state index is 0.317. The second-order valence-corrected chi connectivity index (χ2v) is 5.77. The number of hydrogen-bond acceptors (Lipinski definition) is 3. The summed E-state index contributed by atoms with van der Waals surface area (Å²) in [6, 6.07) is 3.17. The van der Waals surface area contributed by atoms with Gasteiger partial charge in [0, 0.05) is 6.20 Å². The van der Waals surface area contributed by atoms with Crippen LogP contribution in [0.2, 0.25) is 0 Å². The molecule has 0 aliphatic rings. The minimum atomic E-state index is -0.889. The zero-order chi connectivity index (χ0) is 13.9. The van der Waals surface area contributed by atoms with Gasteiger partial charge in [-0.05, 0) is 24.3 Å². The molecule has 1 aromatic heterocycles. The van der Waals surface area contributed by atoms with Crippen LogP contribution < -0.4 is 0 Å². The summed E-state index contributed by atoms with van der Waals surface area (Å²) in [4.78, 5) is 15.0. The van der Waals surface area contributed by atoms with Crippen molar-refractivity contribution in [2.45, 2.75) is 56.9 Å². The van der Waals surface area contributed by atoms with E-state index >= 15 is 0 Å². The largest absolute Gasteiger partial charge is 0.478 e. The van der Waals surface area contributed by atoms with Crippen LogP contribution >= 0.6 is 11.8 Å². The highest BCUT2D eigenvalue weighted by Gasteiger charge is 2.04. The van der Waals surface area contributed by atoms with Crippen molar-refractivity contribution in [3.8, 4) is 0 Å². The molecule has 0 spiro atoms. The van der Waals surface area contributed by atoms with Crippen LogP contribution in [-0.4, -0.2) is 21.8 Å². The molecule has 0 aromatic carbocycles. The molecule has 0 saturated heterocycles. The zero-order valence-corrected chi connectivity index (χ0v) is 12.4. The number of hydrogen-bond donors (Lipinski definition) is 1. The third kappa shape index (κ3) is 7.21. The number of unbranched alkanes of at least 4 members (excludes halogenated alkanes) is 6. The van der Waals surface area contributed by atoms with E-state index < -0.39 is 5.97 Å². The van der Waals surface area contributed by atoms with Crippen molar-refractivity contribution in [1.82, 2.24) is 4.98 Å². The van der Waals surface area contributed by atoms with Gasteiger partial charge in [0.2, 0.25) is 0 Å². The third-order valence-electron chi connectivity index (χ3n) is 2.98. The SMILES string of the molecule is CCCCCCCCCSc1cc(C(=O)O)ccn1. The van der Waals surface area contributed by atoms with Crippen molar-refractivity contribution < 1.29 is 9.90 Å². The maximum Gasteiger partial charge on any atom is 0.335 e. The highest BCUT2D eigenvalue weighted by atomic mass is 32.2. The van der Waals surface area contributed by atoms with Gasteiger partial charge in [-0.1, -0.05) is 45.4 Å². The lowest BCUT2D eigenvalue weighted by atomic mass is 10.1. The molecule has 0 unspecified atom stereocenters. The van der Waals surface area contributed by atoms with E-state index in [1.165, 1.54) is 51.0 Å².